The lowest BCUT2D eigenvalue weighted by atomic mass is 9.78. The van der Waals surface area contributed by atoms with Gasteiger partial charge in [-0.3, -0.25) is 9.59 Å². The van der Waals surface area contributed by atoms with Crippen molar-refractivity contribution in [2.75, 3.05) is 0 Å². The molecule has 0 amide bonds. The Bertz CT molecular complexity index is 1590. The second-order valence-electron chi connectivity index (χ2n) is 10.7. The summed E-state index contributed by atoms with van der Waals surface area (Å²) in [7, 11) is -4.70. The highest BCUT2D eigenvalue weighted by atomic mass is 127. The van der Waals surface area contributed by atoms with E-state index in [-0.39, 0.29) is 16.6 Å². The molecule has 2 saturated carbocycles. The van der Waals surface area contributed by atoms with Gasteiger partial charge >= 0.3 is 17.9 Å². The summed E-state index contributed by atoms with van der Waals surface area (Å²) >= 11 is 6.39. The molecule has 9 nitrogen and oxygen atoms in total. The first-order valence-corrected chi connectivity index (χ1v) is 17.4. The van der Waals surface area contributed by atoms with Gasteiger partial charge in [0.25, 0.3) is 0 Å². The lowest BCUT2D eigenvalue weighted by Gasteiger charge is -2.31. The maximum absolute atomic E-state index is 13.7. The number of aryl methyl sites for hydroxylation is 1. The molecule has 1 aliphatic heterocycles. The average molecular weight is 903 g/mol. The van der Waals surface area contributed by atoms with Crippen molar-refractivity contribution in [3.63, 3.8) is 0 Å². The van der Waals surface area contributed by atoms with E-state index in [0.717, 1.165) is 23.6 Å². The Morgan fingerprint density at radius 3 is 2.45 bits per heavy atom. The van der Waals surface area contributed by atoms with Gasteiger partial charge in [-0.25, -0.2) is 13.2 Å². The highest BCUT2D eigenvalue weighted by molar-refractivity contribution is 14.1. The van der Waals surface area contributed by atoms with E-state index in [0.29, 0.717) is 41.5 Å². The number of halogens is 3. The second kappa shape index (κ2) is 10.6. The first kappa shape index (κ1) is 29.0. The monoisotopic (exact) mass is 903 g/mol. The predicted molar refractivity (Wildman–Crippen MR) is 164 cm³/mol. The number of hydrogen-bond acceptors (Lipinski definition) is 9. The number of fused-ring (bicyclic) bond motifs is 2. The number of hydrogen-bond donors (Lipinski definition) is 0. The largest absolute Gasteiger partial charge is 0.744 e. The molecule has 6 atom stereocenters. The molecule has 6 unspecified atom stereocenters. The molecule has 3 fully saturated rings. The van der Waals surface area contributed by atoms with E-state index in [9.17, 15) is 27.4 Å². The Labute approximate surface area is 271 Å². The highest BCUT2D eigenvalue weighted by Crippen LogP contribution is 2.59. The van der Waals surface area contributed by atoms with Crippen molar-refractivity contribution in [3.05, 3.63) is 51.2 Å². The molecule has 0 aromatic heterocycles. The van der Waals surface area contributed by atoms with Gasteiger partial charge in [-0.15, -0.1) is 0 Å². The second-order valence-corrected chi connectivity index (χ2v) is 15.5. The molecule has 6 rings (SSSR count). The van der Waals surface area contributed by atoms with Gasteiger partial charge in [0.05, 0.1) is 22.3 Å². The molecule has 0 radical (unpaired) electrons. The zero-order valence-corrected chi connectivity index (χ0v) is 28.2. The van der Waals surface area contributed by atoms with Gasteiger partial charge in [0.2, 0.25) is 0 Å². The average Bonchev–Trinajstić information content (AvgIpc) is 3.51. The number of carbonyl (C=O) groups excluding carboxylic acids is 3. The van der Waals surface area contributed by atoms with Crippen molar-refractivity contribution in [1.29, 1.82) is 0 Å². The van der Waals surface area contributed by atoms with Crippen molar-refractivity contribution in [2.45, 2.75) is 56.1 Å². The quantitative estimate of drug-likeness (QED) is 0.140. The van der Waals surface area contributed by atoms with Gasteiger partial charge in [0, 0.05) is 22.5 Å². The number of rotatable bonds is 5. The van der Waals surface area contributed by atoms with E-state index in [4.69, 9.17) is 14.2 Å². The Hall–Kier alpha value is -1.05. The van der Waals surface area contributed by atoms with Crippen LogP contribution in [0.5, 0.6) is 5.75 Å². The fourth-order valence-electron chi connectivity index (χ4n) is 6.91. The molecule has 1 saturated heterocycles. The SMILES string of the molecule is Cc1cc(S(=O)(=O)[O-])c2c(c1OC(=O)C1C3CC4C(OC(=O)C41)C3OC(=O)c1cc(I)cc(I)c1I)CCCC2. The van der Waals surface area contributed by atoms with Crippen LogP contribution in [0.3, 0.4) is 0 Å². The van der Waals surface area contributed by atoms with Crippen LogP contribution in [-0.2, 0) is 42.0 Å². The Morgan fingerprint density at radius 2 is 1.75 bits per heavy atom. The van der Waals surface area contributed by atoms with E-state index < -0.39 is 58.0 Å². The van der Waals surface area contributed by atoms with Crippen LogP contribution in [0.2, 0.25) is 0 Å². The van der Waals surface area contributed by atoms with Gasteiger partial charge in [-0.05, 0) is 142 Å². The molecule has 0 spiro atoms. The third-order valence-electron chi connectivity index (χ3n) is 8.49. The van der Waals surface area contributed by atoms with E-state index >= 15 is 0 Å². The summed E-state index contributed by atoms with van der Waals surface area (Å²) < 4.78 is 55.9. The molecule has 2 aromatic rings. The van der Waals surface area contributed by atoms with Crippen LogP contribution in [0.15, 0.2) is 23.1 Å². The van der Waals surface area contributed by atoms with Crippen LogP contribution in [0.4, 0.5) is 0 Å². The maximum atomic E-state index is 13.7. The Morgan fingerprint density at radius 1 is 1.05 bits per heavy atom. The molecule has 2 aromatic carbocycles. The molecule has 3 aliphatic carbocycles. The summed E-state index contributed by atoms with van der Waals surface area (Å²) in [6, 6.07) is 4.96. The maximum Gasteiger partial charge on any atom is 0.339 e. The van der Waals surface area contributed by atoms with Gasteiger partial charge in [0.15, 0.2) is 0 Å². The van der Waals surface area contributed by atoms with Crippen molar-refractivity contribution in [2.24, 2.45) is 23.7 Å². The predicted octanol–water partition coefficient (Wildman–Crippen LogP) is 4.53. The third-order valence-corrected chi connectivity index (χ3v) is 13.1. The number of esters is 3. The summed E-state index contributed by atoms with van der Waals surface area (Å²) in [6.07, 6.45) is 1.45. The summed E-state index contributed by atoms with van der Waals surface area (Å²) in [6.45, 7) is 1.60. The van der Waals surface area contributed by atoms with Crippen LogP contribution in [0.25, 0.3) is 0 Å². The van der Waals surface area contributed by atoms with Crippen molar-refractivity contribution in [3.8, 4) is 5.75 Å². The zero-order valence-electron chi connectivity index (χ0n) is 20.9. The molecule has 40 heavy (non-hydrogen) atoms. The highest BCUT2D eigenvalue weighted by Gasteiger charge is 2.70. The number of ether oxygens (including phenoxy) is 3. The fraction of sp³-hybridized carbons (Fsp3) is 0.444. The van der Waals surface area contributed by atoms with Crippen LogP contribution in [-0.4, -0.2) is 43.1 Å². The molecule has 0 N–H and O–H groups in total. The van der Waals surface area contributed by atoms with Gasteiger partial charge in [-0.1, -0.05) is 0 Å². The van der Waals surface area contributed by atoms with E-state index in [2.05, 4.69) is 67.8 Å². The molecular formula is C27H22I3O9S-. The van der Waals surface area contributed by atoms with Crippen molar-refractivity contribution < 1.29 is 41.6 Å². The summed E-state index contributed by atoms with van der Waals surface area (Å²) in [5, 5.41) is 0. The minimum atomic E-state index is -4.70. The van der Waals surface area contributed by atoms with E-state index in [1.165, 1.54) is 6.07 Å². The smallest absolute Gasteiger partial charge is 0.339 e. The minimum Gasteiger partial charge on any atom is -0.744 e. The lowest BCUT2D eigenvalue weighted by Crippen LogP contribution is -2.44. The third kappa shape index (κ3) is 4.78. The molecule has 2 bridgehead atoms. The van der Waals surface area contributed by atoms with Crippen LogP contribution >= 0.6 is 67.8 Å². The topological polar surface area (TPSA) is 136 Å². The normalized spacial score (nSPS) is 28.3. The molecule has 1 heterocycles. The number of benzene rings is 2. The summed E-state index contributed by atoms with van der Waals surface area (Å²) in [4.78, 5) is 39.6. The first-order valence-electron chi connectivity index (χ1n) is 12.8. The zero-order chi connectivity index (χ0) is 28.7. The molecule has 4 aliphatic rings. The summed E-state index contributed by atoms with van der Waals surface area (Å²) in [5.74, 6) is -3.70. The van der Waals surface area contributed by atoms with Crippen LogP contribution < -0.4 is 4.74 Å². The van der Waals surface area contributed by atoms with Crippen LogP contribution in [0.1, 0.15) is 46.3 Å². The van der Waals surface area contributed by atoms with Crippen molar-refractivity contribution in [1.82, 2.24) is 0 Å². The standard InChI is InChI=1S/C27H23I3O9S/c1-10-6-18(40(34,35)36)12-4-2-3-5-13(12)22(10)37-26(32)19-14-9-15-20(19)27(33)39-24(15)23(14)38-25(31)16-7-11(28)8-17(29)21(16)30/h6-8,14-15,19-20,23-24H,2-5,9H2,1H3,(H,34,35,36)/p-1. The first-order chi connectivity index (χ1) is 18.9. The Balaban J connectivity index is 1.30. The number of carbonyl (C=O) groups is 3. The molecule has 212 valence electrons. The molecular weight excluding hydrogens is 881 g/mol. The Kier molecular flexibility index (Phi) is 7.69. The van der Waals surface area contributed by atoms with E-state index in [1.807, 2.05) is 6.07 Å². The van der Waals surface area contributed by atoms with Gasteiger partial charge in [0.1, 0.15) is 28.1 Å². The van der Waals surface area contributed by atoms with Gasteiger partial charge in [-0.2, -0.15) is 0 Å². The fourth-order valence-corrected chi connectivity index (χ4v) is 10.1. The van der Waals surface area contributed by atoms with Crippen molar-refractivity contribution >= 4 is 95.8 Å². The van der Waals surface area contributed by atoms with Crippen LogP contribution in [0, 0.1) is 41.3 Å². The van der Waals surface area contributed by atoms with E-state index in [1.54, 1.807) is 13.0 Å². The lowest BCUT2D eigenvalue weighted by molar-refractivity contribution is -0.149. The molecule has 13 heteroatoms. The van der Waals surface area contributed by atoms with Gasteiger partial charge < -0.3 is 18.8 Å². The summed E-state index contributed by atoms with van der Waals surface area (Å²) in [5.41, 5.74) is 1.73. The minimum absolute atomic E-state index is 0.245.